The summed E-state index contributed by atoms with van der Waals surface area (Å²) in [4.78, 5) is 6.71. The first-order valence-electron chi connectivity index (χ1n) is 9.15. The Bertz CT molecular complexity index is 806. The Morgan fingerprint density at radius 3 is 2.80 bits per heavy atom. The van der Waals surface area contributed by atoms with E-state index in [1.807, 2.05) is 18.5 Å². The smallest absolute Gasteiger partial charge is 0.0594 e. The van der Waals surface area contributed by atoms with Crippen LogP contribution >= 0.6 is 0 Å². The molecule has 130 valence electrons. The van der Waals surface area contributed by atoms with Crippen molar-refractivity contribution in [3.8, 4) is 0 Å². The third-order valence-electron chi connectivity index (χ3n) is 4.95. The molecule has 4 nitrogen and oxygen atoms in total. The molecule has 4 heteroatoms. The zero-order valence-electron chi connectivity index (χ0n) is 14.6. The van der Waals surface area contributed by atoms with Crippen molar-refractivity contribution >= 4 is 10.9 Å². The Morgan fingerprint density at radius 2 is 1.96 bits per heavy atom. The van der Waals surface area contributed by atoms with E-state index in [-0.39, 0.29) is 0 Å². The molecule has 2 aromatic heterocycles. The topological polar surface area (TPSA) is 30.3 Å². The molecule has 0 atom stereocenters. The van der Waals surface area contributed by atoms with E-state index < -0.39 is 0 Å². The molecule has 1 aliphatic rings. The fourth-order valence-electron chi connectivity index (χ4n) is 3.56. The predicted molar refractivity (Wildman–Crippen MR) is 101 cm³/mol. The highest BCUT2D eigenvalue weighted by molar-refractivity contribution is 5.81. The van der Waals surface area contributed by atoms with Gasteiger partial charge in [-0.15, -0.1) is 0 Å². The molecule has 0 aliphatic carbocycles. The number of aromatic nitrogens is 2. The lowest BCUT2D eigenvalue weighted by Gasteiger charge is -2.26. The summed E-state index contributed by atoms with van der Waals surface area (Å²) in [6.45, 7) is 5.97. The maximum Gasteiger partial charge on any atom is 0.0594 e. The first kappa shape index (κ1) is 16.3. The summed E-state index contributed by atoms with van der Waals surface area (Å²) < 4.78 is 7.70. The van der Waals surface area contributed by atoms with E-state index in [2.05, 4.69) is 51.0 Å². The van der Waals surface area contributed by atoms with Crippen molar-refractivity contribution < 1.29 is 4.74 Å². The SMILES string of the molecule is c1cncc(Cn2ccc3cc(CCCN4CCOCC4)ccc32)c1. The van der Waals surface area contributed by atoms with Crippen LogP contribution in [0.1, 0.15) is 17.5 Å². The summed E-state index contributed by atoms with van der Waals surface area (Å²) in [5.41, 5.74) is 3.95. The number of hydrogen-bond acceptors (Lipinski definition) is 3. The van der Waals surface area contributed by atoms with Gasteiger partial charge >= 0.3 is 0 Å². The van der Waals surface area contributed by atoms with E-state index in [0.29, 0.717) is 0 Å². The van der Waals surface area contributed by atoms with Crippen molar-refractivity contribution in [1.29, 1.82) is 0 Å². The second-order valence-electron chi connectivity index (χ2n) is 6.76. The third kappa shape index (κ3) is 4.09. The van der Waals surface area contributed by atoms with Crippen LogP contribution in [0.3, 0.4) is 0 Å². The van der Waals surface area contributed by atoms with Crippen molar-refractivity contribution in [1.82, 2.24) is 14.5 Å². The monoisotopic (exact) mass is 335 g/mol. The van der Waals surface area contributed by atoms with Crippen LogP contribution in [0.25, 0.3) is 10.9 Å². The van der Waals surface area contributed by atoms with E-state index in [4.69, 9.17) is 4.74 Å². The van der Waals surface area contributed by atoms with E-state index >= 15 is 0 Å². The molecule has 1 fully saturated rings. The normalized spacial score (nSPS) is 15.7. The Balaban J connectivity index is 1.39. The fourth-order valence-corrected chi connectivity index (χ4v) is 3.56. The summed E-state index contributed by atoms with van der Waals surface area (Å²) in [7, 11) is 0. The lowest BCUT2D eigenvalue weighted by Crippen LogP contribution is -2.36. The van der Waals surface area contributed by atoms with Gasteiger partial charge in [-0.3, -0.25) is 9.88 Å². The van der Waals surface area contributed by atoms with Crippen LogP contribution in [0.2, 0.25) is 0 Å². The average Bonchev–Trinajstić information content (AvgIpc) is 3.06. The molecule has 0 saturated carbocycles. The number of rotatable bonds is 6. The van der Waals surface area contributed by atoms with Gasteiger partial charge in [-0.2, -0.15) is 0 Å². The van der Waals surface area contributed by atoms with Crippen LogP contribution in [-0.4, -0.2) is 47.3 Å². The summed E-state index contributed by atoms with van der Waals surface area (Å²) in [5.74, 6) is 0. The van der Waals surface area contributed by atoms with Crippen LogP contribution in [0.15, 0.2) is 55.0 Å². The lowest BCUT2D eigenvalue weighted by atomic mass is 10.1. The molecule has 0 spiro atoms. The standard InChI is InChI=1S/C21H25N3O/c1-3-19(16-22-8-1)17-24-10-7-20-15-18(5-6-21(20)24)4-2-9-23-11-13-25-14-12-23/h1,3,5-8,10,15-16H,2,4,9,11-14,17H2. The molecule has 1 aromatic carbocycles. The number of hydrogen-bond donors (Lipinski definition) is 0. The molecule has 1 saturated heterocycles. The molecule has 0 amide bonds. The van der Waals surface area contributed by atoms with Gasteiger partial charge in [0.1, 0.15) is 0 Å². The molecule has 3 aromatic rings. The summed E-state index contributed by atoms with van der Waals surface area (Å²) >= 11 is 0. The Hall–Kier alpha value is -2.17. The van der Waals surface area contributed by atoms with Gasteiger partial charge in [-0.25, -0.2) is 0 Å². The average molecular weight is 335 g/mol. The quantitative estimate of drug-likeness (QED) is 0.692. The van der Waals surface area contributed by atoms with Gasteiger partial charge in [-0.05, 0) is 60.2 Å². The first-order chi connectivity index (χ1) is 12.4. The minimum absolute atomic E-state index is 0.869. The van der Waals surface area contributed by atoms with Crippen molar-refractivity contribution in [2.45, 2.75) is 19.4 Å². The maximum atomic E-state index is 5.41. The van der Waals surface area contributed by atoms with E-state index in [1.54, 1.807) is 0 Å². The van der Waals surface area contributed by atoms with Crippen LogP contribution in [0.4, 0.5) is 0 Å². The maximum absolute atomic E-state index is 5.41. The van der Waals surface area contributed by atoms with Crippen LogP contribution in [0.5, 0.6) is 0 Å². The number of aryl methyl sites for hydroxylation is 1. The van der Waals surface area contributed by atoms with E-state index in [9.17, 15) is 0 Å². The lowest BCUT2D eigenvalue weighted by molar-refractivity contribution is 0.0375. The molecule has 1 aliphatic heterocycles. The predicted octanol–water partition coefficient (Wildman–Crippen LogP) is 3.35. The number of benzene rings is 1. The van der Waals surface area contributed by atoms with Gasteiger partial charge in [0.05, 0.1) is 13.2 Å². The van der Waals surface area contributed by atoms with Gasteiger partial charge in [0, 0.05) is 43.7 Å². The number of fused-ring (bicyclic) bond motifs is 1. The number of nitrogens with zero attached hydrogens (tertiary/aromatic N) is 3. The second-order valence-corrected chi connectivity index (χ2v) is 6.76. The Labute approximate surface area is 149 Å². The molecule has 3 heterocycles. The van der Waals surface area contributed by atoms with Crippen LogP contribution < -0.4 is 0 Å². The minimum Gasteiger partial charge on any atom is -0.379 e. The van der Waals surface area contributed by atoms with Crippen molar-refractivity contribution in [2.24, 2.45) is 0 Å². The summed E-state index contributed by atoms with van der Waals surface area (Å²) in [6.07, 6.45) is 8.28. The van der Waals surface area contributed by atoms with Crippen molar-refractivity contribution in [3.63, 3.8) is 0 Å². The highest BCUT2D eigenvalue weighted by Gasteiger charge is 2.09. The fraction of sp³-hybridized carbons (Fsp3) is 0.381. The molecule has 4 rings (SSSR count). The molecule has 25 heavy (non-hydrogen) atoms. The van der Waals surface area contributed by atoms with Gasteiger partial charge < -0.3 is 9.30 Å². The van der Waals surface area contributed by atoms with Crippen LogP contribution in [0, 0.1) is 0 Å². The first-order valence-corrected chi connectivity index (χ1v) is 9.15. The van der Waals surface area contributed by atoms with E-state index in [0.717, 1.165) is 39.3 Å². The number of morpholine rings is 1. The minimum atomic E-state index is 0.869. The van der Waals surface area contributed by atoms with Gasteiger partial charge in [0.25, 0.3) is 0 Å². The second kappa shape index (κ2) is 7.81. The molecule has 0 bridgehead atoms. The zero-order chi connectivity index (χ0) is 16.9. The summed E-state index contributed by atoms with van der Waals surface area (Å²) in [6, 6.07) is 13.2. The zero-order valence-corrected chi connectivity index (χ0v) is 14.6. The largest absolute Gasteiger partial charge is 0.379 e. The summed E-state index contributed by atoms with van der Waals surface area (Å²) in [5, 5.41) is 1.33. The highest BCUT2D eigenvalue weighted by Crippen LogP contribution is 2.20. The number of pyridine rings is 1. The highest BCUT2D eigenvalue weighted by atomic mass is 16.5. The van der Waals surface area contributed by atoms with Crippen LogP contribution in [-0.2, 0) is 17.7 Å². The molecule has 0 radical (unpaired) electrons. The number of ether oxygens (including phenoxy) is 1. The molecule has 0 N–H and O–H groups in total. The molecular weight excluding hydrogens is 310 g/mol. The van der Waals surface area contributed by atoms with Crippen molar-refractivity contribution in [3.05, 3.63) is 66.1 Å². The Kier molecular flexibility index (Phi) is 5.09. The van der Waals surface area contributed by atoms with Crippen molar-refractivity contribution in [2.75, 3.05) is 32.8 Å². The van der Waals surface area contributed by atoms with Gasteiger partial charge in [0.2, 0.25) is 0 Å². The Morgan fingerprint density at radius 1 is 1.04 bits per heavy atom. The molecule has 0 unspecified atom stereocenters. The molecular formula is C21H25N3O. The van der Waals surface area contributed by atoms with E-state index in [1.165, 1.54) is 35.0 Å². The van der Waals surface area contributed by atoms with Gasteiger partial charge in [0.15, 0.2) is 0 Å². The van der Waals surface area contributed by atoms with Gasteiger partial charge in [-0.1, -0.05) is 12.1 Å². The third-order valence-corrected chi connectivity index (χ3v) is 4.95.